The second-order valence-corrected chi connectivity index (χ2v) is 12.1. The van der Waals surface area contributed by atoms with E-state index in [1.165, 1.54) is 12.1 Å². The average Bonchev–Trinajstić information content (AvgIpc) is 3.41. The van der Waals surface area contributed by atoms with Crippen molar-refractivity contribution in [1.29, 1.82) is 0 Å². The normalized spacial score (nSPS) is 13.9. The van der Waals surface area contributed by atoms with E-state index in [2.05, 4.69) is 0 Å². The molecule has 1 aliphatic rings. The molecule has 0 spiro atoms. The van der Waals surface area contributed by atoms with Gasteiger partial charge in [-0.25, -0.2) is 23.1 Å². The number of aryl methyl sites for hydroxylation is 1. The summed E-state index contributed by atoms with van der Waals surface area (Å²) in [7, 11) is 0. The van der Waals surface area contributed by atoms with Crippen LogP contribution in [-0.4, -0.2) is 37.9 Å². The molecular weight excluding hydrogens is 564 g/mol. The topological polar surface area (TPSA) is 86.0 Å². The van der Waals surface area contributed by atoms with Crippen molar-refractivity contribution in [3.05, 3.63) is 94.7 Å². The van der Waals surface area contributed by atoms with Crippen molar-refractivity contribution in [1.82, 2.24) is 14.6 Å². The van der Waals surface area contributed by atoms with Crippen LogP contribution in [0.15, 0.2) is 60.7 Å². The summed E-state index contributed by atoms with van der Waals surface area (Å²) >= 11 is 0. The number of halogens is 2. The number of fused-ring (bicyclic) bond motifs is 2. The molecule has 2 aromatic heterocycles. The molecule has 1 N–H and O–H groups in total. The van der Waals surface area contributed by atoms with E-state index in [-0.39, 0.29) is 17.1 Å². The Bertz CT molecular complexity index is 1930. The fourth-order valence-corrected chi connectivity index (χ4v) is 5.88. The van der Waals surface area contributed by atoms with Gasteiger partial charge in [0, 0.05) is 39.6 Å². The third-order valence-electron chi connectivity index (χ3n) is 7.82. The molecule has 0 saturated heterocycles. The number of hydrogen-bond acceptors (Lipinski definition) is 5. The van der Waals surface area contributed by atoms with Gasteiger partial charge in [-0.2, -0.15) is 5.10 Å². The van der Waals surface area contributed by atoms with Gasteiger partial charge in [0.25, 0.3) is 0 Å². The van der Waals surface area contributed by atoms with Gasteiger partial charge in [0.2, 0.25) is 0 Å². The number of benzene rings is 3. The molecular formula is C35H33F2N3O4. The van der Waals surface area contributed by atoms with Gasteiger partial charge in [0.05, 0.1) is 23.6 Å². The SMILES string of the molecule is Cc1nc2cc(-c3cccc(-c4ccccc4F)c3)nn2c(-c2cc(F)c3c(c2C)CCCO3)c1[C@H](OC(C)(C)C)C(=O)O. The number of carboxylic acids is 1. The minimum absolute atomic E-state index is 0.230. The number of hydrogen-bond donors (Lipinski definition) is 1. The fraction of sp³-hybridized carbons (Fsp3) is 0.286. The smallest absolute Gasteiger partial charge is 0.337 e. The Kier molecular flexibility index (Phi) is 7.45. The Balaban J connectivity index is 1.63. The van der Waals surface area contributed by atoms with E-state index >= 15 is 4.39 Å². The lowest BCUT2D eigenvalue weighted by molar-refractivity contribution is -0.160. The molecule has 3 heterocycles. The molecule has 0 aliphatic carbocycles. The molecule has 0 amide bonds. The third kappa shape index (κ3) is 5.32. The molecule has 44 heavy (non-hydrogen) atoms. The predicted molar refractivity (Wildman–Crippen MR) is 164 cm³/mol. The molecule has 0 bridgehead atoms. The summed E-state index contributed by atoms with van der Waals surface area (Å²) in [5, 5.41) is 15.3. The zero-order chi connectivity index (χ0) is 31.3. The van der Waals surface area contributed by atoms with Crippen molar-refractivity contribution in [3.63, 3.8) is 0 Å². The summed E-state index contributed by atoms with van der Waals surface area (Å²) < 4.78 is 43.6. The van der Waals surface area contributed by atoms with Crippen molar-refractivity contribution in [2.75, 3.05) is 6.61 Å². The van der Waals surface area contributed by atoms with E-state index in [9.17, 15) is 14.3 Å². The van der Waals surface area contributed by atoms with Gasteiger partial charge in [-0.05, 0) is 76.8 Å². The lowest BCUT2D eigenvalue weighted by Crippen LogP contribution is -2.29. The van der Waals surface area contributed by atoms with Crippen LogP contribution < -0.4 is 4.74 Å². The number of carbonyl (C=O) groups is 1. The Hall–Kier alpha value is -4.63. The predicted octanol–water partition coefficient (Wildman–Crippen LogP) is 7.89. The standard InChI is InChI=1S/C35H33F2N3O4/c1-19-23-13-9-15-43-32(23)27(37)17-25(19)31-30(33(34(41)42)44-35(3,4)5)20(2)38-29-18-28(39-40(29)31)22-11-8-10-21(16-22)24-12-6-7-14-26(24)36/h6-8,10-12,14,16-18,33H,9,13,15H2,1-5H3,(H,41,42)/t33-/m0/s1. The Morgan fingerprint density at radius 2 is 1.75 bits per heavy atom. The first-order valence-electron chi connectivity index (χ1n) is 14.5. The summed E-state index contributed by atoms with van der Waals surface area (Å²) in [5.41, 5.74) is 5.11. The highest BCUT2D eigenvalue weighted by atomic mass is 19.1. The molecule has 0 radical (unpaired) electrons. The molecule has 1 atom stereocenters. The van der Waals surface area contributed by atoms with E-state index < -0.39 is 23.5 Å². The second-order valence-electron chi connectivity index (χ2n) is 12.1. The number of carboxylic acid groups (broad SMARTS) is 1. The van der Waals surface area contributed by atoms with Crippen LogP contribution in [0.5, 0.6) is 5.75 Å². The van der Waals surface area contributed by atoms with Crippen LogP contribution in [0.25, 0.3) is 39.3 Å². The second kappa shape index (κ2) is 11.1. The number of rotatable bonds is 6. The van der Waals surface area contributed by atoms with E-state index in [4.69, 9.17) is 19.6 Å². The van der Waals surface area contributed by atoms with E-state index in [1.54, 1.807) is 56.5 Å². The van der Waals surface area contributed by atoms with Crippen LogP contribution in [0, 0.1) is 25.5 Å². The van der Waals surface area contributed by atoms with Crippen molar-refractivity contribution < 1.29 is 28.2 Å². The van der Waals surface area contributed by atoms with Gasteiger partial charge in [0.1, 0.15) is 5.82 Å². The lowest BCUT2D eigenvalue weighted by Gasteiger charge is -2.28. The van der Waals surface area contributed by atoms with Crippen LogP contribution in [0.3, 0.4) is 0 Å². The van der Waals surface area contributed by atoms with Gasteiger partial charge < -0.3 is 14.6 Å². The maximum atomic E-state index is 15.6. The first-order valence-corrected chi connectivity index (χ1v) is 14.5. The van der Waals surface area contributed by atoms with Crippen LogP contribution in [0.4, 0.5) is 8.78 Å². The van der Waals surface area contributed by atoms with Gasteiger partial charge >= 0.3 is 5.97 Å². The molecule has 7 nitrogen and oxygen atoms in total. The molecule has 3 aromatic carbocycles. The van der Waals surface area contributed by atoms with Crippen LogP contribution >= 0.6 is 0 Å². The van der Waals surface area contributed by atoms with Crippen molar-refractivity contribution in [3.8, 4) is 39.4 Å². The van der Waals surface area contributed by atoms with E-state index in [1.807, 2.05) is 31.2 Å². The number of nitrogens with zero attached hydrogens (tertiary/aromatic N) is 3. The van der Waals surface area contributed by atoms with E-state index in [0.29, 0.717) is 58.0 Å². The highest BCUT2D eigenvalue weighted by Gasteiger charge is 2.34. The molecule has 0 unspecified atom stereocenters. The molecule has 0 saturated carbocycles. The van der Waals surface area contributed by atoms with Gasteiger partial charge in [0.15, 0.2) is 23.3 Å². The van der Waals surface area contributed by atoms with Crippen molar-refractivity contribution in [2.24, 2.45) is 0 Å². The molecule has 6 rings (SSSR count). The average molecular weight is 598 g/mol. The zero-order valence-electron chi connectivity index (χ0n) is 25.2. The lowest BCUT2D eigenvalue weighted by atomic mass is 9.91. The minimum atomic E-state index is -1.41. The molecule has 0 fully saturated rings. The highest BCUT2D eigenvalue weighted by Crippen LogP contribution is 2.42. The molecule has 9 heteroatoms. The van der Waals surface area contributed by atoms with Gasteiger partial charge in [-0.15, -0.1) is 0 Å². The maximum Gasteiger partial charge on any atom is 0.337 e. The van der Waals surface area contributed by atoms with Crippen LogP contribution in [-0.2, 0) is 16.0 Å². The number of ether oxygens (including phenoxy) is 2. The quantitative estimate of drug-likeness (QED) is 0.214. The molecule has 226 valence electrons. The highest BCUT2D eigenvalue weighted by molar-refractivity contribution is 5.83. The Morgan fingerprint density at radius 1 is 1.00 bits per heavy atom. The van der Waals surface area contributed by atoms with Gasteiger partial charge in [-0.1, -0.05) is 36.4 Å². The van der Waals surface area contributed by atoms with Crippen LogP contribution in [0.1, 0.15) is 55.7 Å². The first-order chi connectivity index (χ1) is 20.9. The number of aliphatic carboxylic acids is 1. The van der Waals surface area contributed by atoms with Gasteiger partial charge in [-0.3, -0.25) is 0 Å². The first kappa shape index (κ1) is 29.4. The minimum Gasteiger partial charge on any atom is -0.490 e. The number of aromatic nitrogens is 3. The van der Waals surface area contributed by atoms with Crippen molar-refractivity contribution >= 4 is 11.6 Å². The zero-order valence-corrected chi connectivity index (χ0v) is 25.2. The fourth-order valence-electron chi connectivity index (χ4n) is 5.88. The summed E-state index contributed by atoms with van der Waals surface area (Å²) in [6, 6.07) is 17.1. The van der Waals surface area contributed by atoms with E-state index in [0.717, 1.165) is 17.5 Å². The molecule has 1 aliphatic heterocycles. The Labute approximate surface area is 254 Å². The molecule has 5 aromatic rings. The monoisotopic (exact) mass is 597 g/mol. The summed E-state index contributed by atoms with van der Waals surface area (Å²) in [4.78, 5) is 17.5. The largest absolute Gasteiger partial charge is 0.490 e. The summed E-state index contributed by atoms with van der Waals surface area (Å²) in [6.45, 7) is 9.37. The third-order valence-corrected chi connectivity index (χ3v) is 7.82. The van der Waals surface area contributed by atoms with Crippen LogP contribution in [0.2, 0.25) is 0 Å². The summed E-state index contributed by atoms with van der Waals surface area (Å²) in [5.74, 6) is -1.83. The maximum absolute atomic E-state index is 15.6. The Morgan fingerprint density at radius 3 is 2.48 bits per heavy atom. The summed E-state index contributed by atoms with van der Waals surface area (Å²) in [6.07, 6.45) is -0.0415. The van der Waals surface area contributed by atoms with Crippen molar-refractivity contribution in [2.45, 2.75) is 59.2 Å².